The van der Waals surface area contributed by atoms with E-state index >= 15 is 0 Å². The van der Waals surface area contributed by atoms with Gasteiger partial charge in [0, 0.05) is 6.07 Å². The van der Waals surface area contributed by atoms with Gasteiger partial charge in [-0.1, -0.05) is 5.21 Å². The number of ether oxygens (including phenoxy) is 3. The lowest BCUT2D eigenvalue weighted by Crippen LogP contribution is -2.08. The monoisotopic (exact) mass is 259 g/mol. The summed E-state index contributed by atoms with van der Waals surface area (Å²) in [7, 11) is 0. The summed E-state index contributed by atoms with van der Waals surface area (Å²) in [5.74, 6) is -0.395. The van der Waals surface area contributed by atoms with Crippen molar-refractivity contribution in [2.45, 2.75) is 0 Å². The van der Waals surface area contributed by atoms with Crippen LogP contribution in [-0.4, -0.2) is 33.7 Å². The number of hydrogen-bond donors (Lipinski definition) is 0. The van der Waals surface area contributed by atoms with Gasteiger partial charge in [0.05, 0.1) is 5.69 Å². The number of esters is 2. The molecule has 0 unspecified atom stereocenters. The number of fused-ring (bicyclic) bond motifs is 2. The van der Waals surface area contributed by atoms with E-state index in [-0.39, 0.29) is 18.2 Å². The van der Waals surface area contributed by atoms with Crippen LogP contribution in [0.3, 0.4) is 0 Å². The van der Waals surface area contributed by atoms with Crippen LogP contribution >= 0.6 is 0 Å². The topological polar surface area (TPSA) is 92.5 Å². The van der Waals surface area contributed by atoms with Gasteiger partial charge in [0.2, 0.25) is 12.5 Å². The molecule has 0 aliphatic carbocycles. The Bertz CT molecular complexity index is 736. The molecular weight excluding hydrogens is 254 g/mol. The van der Waals surface area contributed by atoms with Crippen LogP contribution in [0.5, 0.6) is 11.5 Å². The maximum Gasteiger partial charge on any atom is 0.369 e. The standard InChI is InChI=1S/C11H5N3O5/c15-10-8-9(11(16)19-10)14(13-12-8)5-1-2-6-7(3-5)18-4-17-6/h1-3H,4H2. The summed E-state index contributed by atoms with van der Waals surface area (Å²) >= 11 is 0. The Morgan fingerprint density at radius 1 is 1.11 bits per heavy atom. The first-order chi connectivity index (χ1) is 9.24. The van der Waals surface area contributed by atoms with E-state index in [0.717, 1.165) is 0 Å². The molecule has 0 saturated heterocycles. The SMILES string of the molecule is O=C1OC(=O)c2c1nnn2-c1ccc2c(c1)OCO2. The smallest absolute Gasteiger partial charge is 0.369 e. The highest BCUT2D eigenvalue weighted by Crippen LogP contribution is 2.34. The van der Waals surface area contributed by atoms with Gasteiger partial charge in [0.15, 0.2) is 17.2 Å². The summed E-state index contributed by atoms with van der Waals surface area (Å²) in [6.07, 6.45) is 0. The highest BCUT2D eigenvalue weighted by Gasteiger charge is 2.37. The van der Waals surface area contributed by atoms with Crippen LogP contribution in [0.15, 0.2) is 18.2 Å². The van der Waals surface area contributed by atoms with Crippen molar-refractivity contribution in [3.63, 3.8) is 0 Å². The van der Waals surface area contributed by atoms with Gasteiger partial charge in [0.25, 0.3) is 0 Å². The van der Waals surface area contributed by atoms with E-state index in [1.807, 2.05) is 0 Å². The molecule has 2 aliphatic rings. The summed E-state index contributed by atoms with van der Waals surface area (Å²) in [5.41, 5.74) is 0.469. The number of hydrogen-bond acceptors (Lipinski definition) is 7. The van der Waals surface area contributed by atoms with Gasteiger partial charge < -0.3 is 14.2 Å². The molecule has 0 saturated carbocycles. The van der Waals surface area contributed by atoms with E-state index in [4.69, 9.17) is 9.47 Å². The van der Waals surface area contributed by atoms with E-state index in [1.54, 1.807) is 18.2 Å². The molecular formula is C11H5N3O5. The second-order valence-electron chi connectivity index (χ2n) is 3.91. The summed E-state index contributed by atoms with van der Waals surface area (Å²) in [4.78, 5) is 22.9. The van der Waals surface area contributed by atoms with Gasteiger partial charge in [-0.25, -0.2) is 14.3 Å². The quantitative estimate of drug-likeness (QED) is 0.537. The van der Waals surface area contributed by atoms with Gasteiger partial charge in [-0.15, -0.1) is 5.10 Å². The Balaban J connectivity index is 1.88. The molecule has 8 nitrogen and oxygen atoms in total. The van der Waals surface area contributed by atoms with Crippen LogP contribution in [0.4, 0.5) is 0 Å². The molecule has 8 heteroatoms. The molecule has 4 rings (SSSR count). The van der Waals surface area contributed by atoms with Crippen molar-refractivity contribution < 1.29 is 23.8 Å². The lowest BCUT2D eigenvalue weighted by atomic mass is 10.2. The number of aromatic nitrogens is 3. The molecule has 2 aromatic rings. The maximum absolute atomic E-state index is 11.6. The fourth-order valence-electron chi connectivity index (χ4n) is 1.98. The highest BCUT2D eigenvalue weighted by atomic mass is 16.7. The molecule has 0 N–H and O–H groups in total. The molecule has 0 fully saturated rings. The predicted octanol–water partition coefficient (Wildman–Crippen LogP) is 0.307. The van der Waals surface area contributed by atoms with Crippen LogP contribution in [0.1, 0.15) is 21.0 Å². The van der Waals surface area contributed by atoms with Crippen molar-refractivity contribution >= 4 is 11.9 Å². The largest absolute Gasteiger partial charge is 0.454 e. The number of carbonyl (C=O) groups excluding carboxylic acids is 2. The van der Waals surface area contributed by atoms with E-state index in [0.29, 0.717) is 17.2 Å². The third-order valence-corrected chi connectivity index (χ3v) is 2.84. The zero-order valence-electron chi connectivity index (χ0n) is 9.32. The number of cyclic esters (lactones) is 2. The van der Waals surface area contributed by atoms with Crippen molar-refractivity contribution in [1.82, 2.24) is 15.0 Å². The van der Waals surface area contributed by atoms with Gasteiger partial charge in [-0.05, 0) is 12.1 Å². The first-order valence-corrected chi connectivity index (χ1v) is 5.36. The van der Waals surface area contributed by atoms with Crippen molar-refractivity contribution in [2.75, 3.05) is 6.79 Å². The lowest BCUT2D eigenvalue weighted by molar-refractivity contribution is 0.0434. The van der Waals surface area contributed by atoms with E-state index in [9.17, 15) is 9.59 Å². The van der Waals surface area contributed by atoms with Crippen LogP contribution in [0, 0.1) is 0 Å². The first-order valence-electron chi connectivity index (χ1n) is 5.36. The second kappa shape index (κ2) is 3.31. The average molecular weight is 259 g/mol. The van der Waals surface area contributed by atoms with E-state index in [1.165, 1.54) is 4.68 Å². The molecule has 94 valence electrons. The number of rotatable bonds is 1. The van der Waals surface area contributed by atoms with Gasteiger partial charge >= 0.3 is 11.9 Å². The minimum atomic E-state index is -0.785. The Morgan fingerprint density at radius 2 is 1.95 bits per heavy atom. The van der Waals surface area contributed by atoms with Gasteiger partial charge in [-0.2, -0.15) is 0 Å². The Morgan fingerprint density at radius 3 is 2.84 bits per heavy atom. The van der Waals surface area contributed by atoms with Crippen LogP contribution in [0.2, 0.25) is 0 Å². The number of nitrogens with zero attached hydrogens (tertiary/aromatic N) is 3. The third-order valence-electron chi connectivity index (χ3n) is 2.84. The fourth-order valence-corrected chi connectivity index (χ4v) is 1.98. The molecule has 1 aromatic carbocycles. The molecule has 1 aromatic heterocycles. The molecule has 0 bridgehead atoms. The molecule has 0 radical (unpaired) electrons. The van der Waals surface area contributed by atoms with Crippen molar-refractivity contribution in [2.24, 2.45) is 0 Å². The lowest BCUT2D eigenvalue weighted by Gasteiger charge is -2.03. The molecule has 0 spiro atoms. The zero-order valence-corrected chi connectivity index (χ0v) is 9.32. The summed E-state index contributed by atoms with van der Waals surface area (Å²) in [6.45, 7) is 0.148. The molecule has 0 amide bonds. The van der Waals surface area contributed by atoms with Crippen LogP contribution in [0.25, 0.3) is 5.69 Å². The molecule has 19 heavy (non-hydrogen) atoms. The van der Waals surface area contributed by atoms with Gasteiger partial charge in [0.1, 0.15) is 0 Å². The zero-order chi connectivity index (χ0) is 13.0. The number of carbonyl (C=O) groups is 2. The Kier molecular flexibility index (Phi) is 1.75. The first kappa shape index (κ1) is 10.1. The van der Waals surface area contributed by atoms with Crippen molar-refractivity contribution in [3.05, 3.63) is 29.6 Å². The summed E-state index contributed by atoms with van der Waals surface area (Å²) < 4.78 is 16.1. The van der Waals surface area contributed by atoms with Crippen LogP contribution in [-0.2, 0) is 4.74 Å². The van der Waals surface area contributed by atoms with Crippen molar-refractivity contribution in [1.29, 1.82) is 0 Å². The molecule has 0 atom stereocenters. The minimum Gasteiger partial charge on any atom is -0.454 e. The fraction of sp³-hybridized carbons (Fsp3) is 0.0909. The average Bonchev–Trinajstić information content (AvgIpc) is 3.08. The molecule has 2 aliphatic heterocycles. The van der Waals surface area contributed by atoms with Crippen molar-refractivity contribution in [3.8, 4) is 17.2 Å². The minimum absolute atomic E-state index is 0.0175. The predicted molar refractivity (Wildman–Crippen MR) is 57.2 cm³/mol. The highest BCUT2D eigenvalue weighted by molar-refractivity contribution is 6.12. The Labute approximate surface area is 105 Å². The van der Waals surface area contributed by atoms with E-state index < -0.39 is 11.9 Å². The molecule has 3 heterocycles. The third kappa shape index (κ3) is 1.27. The number of benzene rings is 1. The normalized spacial score (nSPS) is 15.6. The Hall–Kier alpha value is -2.90. The second-order valence-corrected chi connectivity index (χ2v) is 3.91. The maximum atomic E-state index is 11.6. The van der Waals surface area contributed by atoms with Crippen LogP contribution < -0.4 is 9.47 Å². The summed E-state index contributed by atoms with van der Waals surface area (Å²) in [6, 6.07) is 5.01. The van der Waals surface area contributed by atoms with E-state index in [2.05, 4.69) is 15.0 Å². The summed E-state index contributed by atoms with van der Waals surface area (Å²) in [5, 5.41) is 7.43. The van der Waals surface area contributed by atoms with Gasteiger partial charge in [-0.3, -0.25) is 0 Å².